The van der Waals surface area contributed by atoms with Crippen LogP contribution in [-0.4, -0.2) is 50.9 Å². The summed E-state index contributed by atoms with van der Waals surface area (Å²) in [5.74, 6) is 0.912. The van der Waals surface area contributed by atoms with Gasteiger partial charge in [0.15, 0.2) is 0 Å². The number of fused-ring (bicyclic) bond motifs is 1. The number of carbonyl (C=O) groups is 2. The number of rotatable bonds is 5. The van der Waals surface area contributed by atoms with E-state index in [0.717, 1.165) is 17.8 Å². The van der Waals surface area contributed by atoms with Crippen molar-refractivity contribution < 1.29 is 9.59 Å². The fraction of sp³-hybridized carbons (Fsp3) is 0.346. The number of nitrogens with zero attached hydrogens (tertiary/aromatic N) is 6. The number of benzene rings is 1. The van der Waals surface area contributed by atoms with Crippen molar-refractivity contribution in [2.75, 3.05) is 28.7 Å². The Kier molecular flexibility index (Phi) is 5.23. The molecular formula is C26H29N7O2. The largest absolute Gasteiger partial charge is 0.373 e. The number of amides is 3. The minimum absolute atomic E-state index is 0.0192. The summed E-state index contributed by atoms with van der Waals surface area (Å²) in [5, 5.41) is 3.11. The summed E-state index contributed by atoms with van der Waals surface area (Å²) < 4.78 is 0. The molecule has 0 bridgehead atoms. The first kappa shape index (κ1) is 22.8. The van der Waals surface area contributed by atoms with Crippen LogP contribution in [0.15, 0.2) is 55.1 Å². The highest BCUT2D eigenvalue weighted by Crippen LogP contribution is 2.43. The van der Waals surface area contributed by atoms with E-state index >= 15 is 0 Å². The molecule has 2 aliphatic heterocycles. The first-order valence-corrected chi connectivity index (χ1v) is 11.6. The molecule has 2 aliphatic rings. The fourth-order valence-corrected chi connectivity index (χ4v) is 4.96. The van der Waals surface area contributed by atoms with Gasteiger partial charge in [-0.2, -0.15) is 0 Å². The number of urea groups is 1. The van der Waals surface area contributed by atoms with Gasteiger partial charge in [-0.25, -0.2) is 19.7 Å². The number of anilines is 4. The van der Waals surface area contributed by atoms with Gasteiger partial charge in [-0.05, 0) is 49.2 Å². The van der Waals surface area contributed by atoms with E-state index in [1.165, 1.54) is 10.5 Å². The molecule has 9 nitrogen and oxygen atoms in total. The van der Waals surface area contributed by atoms with Crippen LogP contribution >= 0.6 is 0 Å². The molecular weight excluding hydrogens is 442 g/mol. The highest BCUT2D eigenvalue weighted by atomic mass is 16.2. The highest BCUT2D eigenvalue weighted by Gasteiger charge is 2.52. The zero-order valence-corrected chi connectivity index (χ0v) is 20.6. The zero-order chi connectivity index (χ0) is 25.0. The van der Waals surface area contributed by atoms with Gasteiger partial charge in [-0.15, -0.1) is 0 Å². The minimum Gasteiger partial charge on any atom is -0.373 e. The van der Waals surface area contributed by atoms with Gasteiger partial charge in [0, 0.05) is 49.8 Å². The van der Waals surface area contributed by atoms with Crippen molar-refractivity contribution in [2.24, 2.45) is 0 Å². The third-order valence-corrected chi connectivity index (χ3v) is 6.82. The number of pyridine rings is 1. The molecule has 4 heterocycles. The van der Waals surface area contributed by atoms with E-state index in [-0.39, 0.29) is 23.9 Å². The van der Waals surface area contributed by atoms with E-state index in [1.807, 2.05) is 37.4 Å². The molecule has 0 spiro atoms. The van der Waals surface area contributed by atoms with Gasteiger partial charge >= 0.3 is 6.03 Å². The number of hydrogen-bond donors (Lipinski definition) is 1. The summed E-state index contributed by atoms with van der Waals surface area (Å²) in [4.78, 5) is 44.7. The molecule has 3 amide bonds. The van der Waals surface area contributed by atoms with E-state index < -0.39 is 5.54 Å². The van der Waals surface area contributed by atoms with Crippen LogP contribution in [0.25, 0.3) is 0 Å². The first-order chi connectivity index (χ1) is 16.6. The molecule has 1 fully saturated rings. The summed E-state index contributed by atoms with van der Waals surface area (Å²) in [6.07, 6.45) is 6.46. The van der Waals surface area contributed by atoms with Crippen molar-refractivity contribution in [1.82, 2.24) is 19.9 Å². The average Bonchev–Trinajstić information content (AvgIpc) is 3.14. The second kappa shape index (κ2) is 8.04. The Bertz CT molecular complexity index is 1310. The topological polar surface area (TPSA) is 94.6 Å². The Morgan fingerprint density at radius 1 is 0.971 bits per heavy atom. The van der Waals surface area contributed by atoms with E-state index in [9.17, 15) is 9.59 Å². The van der Waals surface area contributed by atoms with Crippen LogP contribution in [0.3, 0.4) is 0 Å². The van der Waals surface area contributed by atoms with Crippen LogP contribution in [0.4, 0.5) is 27.8 Å². The van der Waals surface area contributed by atoms with Crippen LogP contribution in [0.1, 0.15) is 38.8 Å². The quantitative estimate of drug-likeness (QED) is 0.560. The predicted molar refractivity (Wildman–Crippen MR) is 135 cm³/mol. The van der Waals surface area contributed by atoms with E-state index in [0.29, 0.717) is 17.3 Å². The first-order valence-electron chi connectivity index (χ1n) is 11.6. The Labute approximate surface area is 204 Å². The Hall–Kier alpha value is -4.01. The van der Waals surface area contributed by atoms with Crippen LogP contribution in [0, 0.1) is 0 Å². The summed E-state index contributed by atoms with van der Waals surface area (Å²) in [5.41, 5.74) is 2.74. The van der Waals surface area contributed by atoms with Crippen LogP contribution in [0.2, 0.25) is 0 Å². The number of nitrogens with one attached hydrogen (secondary N) is 1. The molecule has 35 heavy (non-hydrogen) atoms. The number of aromatic nitrogens is 3. The van der Waals surface area contributed by atoms with Crippen molar-refractivity contribution >= 4 is 34.9 Å². The molecule has 0 saturated carbocycles. The third-order valence-electron chi connectivity index (χ3n) is 6.82. The molecule has 180 valence electrons. The maximum atomic E-state index is 13.6. The van der Waals surface area contributed by atoms with E-state index in [2.05, 4.69) is 39.0 Å². The molecule has 2 aromatic heterocycles. The average molecular weight is 472 g/mol. The van der Waals surface area contributed by atoms with Crippen molar-refractivity contribution in [3.8, 4) is 0 Å². The smallest absolute Gasteiger partial charge is 0.332 e. The van der Waals surface area contributed by atoms with Crippen molar-refractivity contribution in [2.45, 2.75) is 45.2 Å². The number of carbonyl (C=O) groups excluding carboxylic acids is 2. The summed E-state index contributed by atoms with van der Waals surface area (Å²) >= 11 is 0. The lowest BCUT2D eigenvalue weighted by Crippen LogP contribution is -2.43. The maximum absolute atomic E-state index is 13.6. The van der Waals surface area contributed by atoms with Gasteiger partial charge in [-0.3, -0.25) is 9.78 Å². The van der Waals surface area contributed by atoms with Crippen molar-refractivity contribution in [3.63, 3.8) is 0 Å². The molecule has 9 heteroatoms. The molecule has 0 unspecified atom stereocenters. The highest BCUT2D eigenvalue weighted by molar-refractivity contribution is 6.23. The van der Waals surface area contributed by atoms with Crippen LogP contribution in [-0.2, 0) is 16.8 Å². The van der Waals surface area contributed by atoms with Gasteiger partial charge in [0.2, 0.25) is 0 Å². The summed E-state index contributed by atoms with van der Waals surface area (Å²) in [7, 11) is 2.04. The molecule has 1 N–H and O–H groups in total. The van der Waals surface area contributed by atoms with E-state index in [1.54, 1.807) is 43.5 Å². The normalized spacial score (nSPS) is 18.3. The monoisotopic (exact) mass is 471 g/mol. The third kappa shape index (κ3) is 3.86. The maximum Gasteiger partial charge on any atom is 0.332 e. The molecule has 5 rings (SSSR count). The molecule has 0 radical (unpaired) electrons. The zero-order valence-electron chi connectivity index (χ0n) is 20.6. The summed E-state index contributed by atoms with van der Waals surface area (Å²) in [6.45, 7) is 9.13. The molecule has 1 aromatic carbocycles. The van der Waals surface area contributed by atoms with Crippen molar-refractivity contribution in [3.05, 3.63) is 66.2 Å². The molecule has 1 saturated heterocycles. The molecule has 0 atom stereocenters. The second-order valence-electron chi connectivity index (χ2n) is 10.3. The lowest BCUT2D eigenvalue weighted by Gasteiger charge is -2.27. The lowest BCUT2D eigenvalue weighted by atomic mass is 9.87. The fourth-order valence-electron chi connectivity index (χ4n) is 4.96. The predicted octanol–water partition coefficient (Wildman–Crippen LogP) is 4.09. The van der Waals surface area contributed by atoms with Crippen molar-refractivity contribution in [1.29, 1.82) is 0 Å². The number of hydrogen-bond acceptors (Lipinski definition) is 7. The number of likely N-dealkylation sites (N-methyl/N-ethyl adjacent to an activating group) is 1. The Morgan fingerprint density at radius 3 is 2.49 bits per heavy atom. The SMILES string of the molecule is CN1CC(C)(C)c2ccc(N3C(=O)N(Cc4ccnc(Nc5cnccn5)c4)C(C)(C)C3=O)cc21. The van der Waals surface area contributed by atoms with Gasteiger partial charge in [0.25, 0.3) is 5.91 Å². The molecule has 0 aliphatic carbocycles. The Morgan fingerprint density at radius 2 is 1.74 bits per heavy atom. The second-order valence-corrected chi connectivity index (χ2v) is 10.3. The lowest BCUT2D eigenvalue weighted by molar-refractivity contribution is -0.123. The van der Waals surface area contributed by atoms with Gasteiger partial charge < -0.3 is 15.1 Å². The number of imide groups is 1. The van der Waals surface area contributed by atoms with E-state index in [4.69, 9.17) is 0 Å². The van der Waals surface area contributed by atoms with Gasteiger partial charge in [0.1, 0.15) is 17.2 Å². The minimum atomic E-state index is -0.997. The summed E-state index contributed by atoms with van der Waals surface area (Å²) in [6, 6.07) is 9.22. The standard InChI is InChI=1S/C26H29N7O2/c1-25(2)16-31(5)20-13-18(6-7-19(20)25)33-23(34)26(3,4)32(24(33)35)15-17-8-9-28-21(12-17)30-22-14-27-10-11-29-22/h6-14H,15-16H2,1-5H3,(H,28,29,30). The van der Waals surface area contributed by atoms with Gasteiger partial charge in [-0.1, -0.05) is 19.9 Å². The Balaban J connectivity index is 1.41. The van der Waals surface area contributed by atoms with Crippen LogP contribution < -0.4 is 15.1 Å². The van der Waals surface area contributed by atoms with Crippen LogP contribution in [0.5, 0.6) is 0 Å². The van der Waals surface area contributed by atoms with Gasteiger partial charge in [0.05, 0.1) is 11.9 Å². The molecule has 3 aromatic rings.